The van der Waals surface area contributed by atoms with E-state index < -0.39 is 12.4 Å². The number of aliphatic imine (C=N–C) groups is 1. The first-order chi connectivity index (χ1) is 20.4. The van der Waals surface area contributed by atoms with E-state index in [4.69, 9.17) is 12.2 Å². The van der Waals surface area contributed by atoms with Crippen LogP contribution in [0.5, 0.6) is 5.75 Å². The molecular formula is C30H30F3N5O3S2. The van der Waals surface area contributed by atoms with E-state index in [0.717, 1.165) is 22.4 Å². The number of hydrogen-bond donors (Lipinski definition) is 3. The quantitative estimate of drug-likeness (QED) is 0.227. The third-order valence-electron chi connectivity index (χ3n) is 6.26. The van der Waals surface area contributed by atoms with Crippen molar-refractivity contribution in [3.05, 3.63) is 83.4 Å². The number of amidine groups is 1. The number of benzene rings is 3. The SMILES string of the molecule is Cc1ccc(C(C)C)c(N2C(=O)CSC2=NC(=O)Nc2ccc(CCNC(=S)Nc3ccc(OC(F)(F)F)cc3)cc2)c1. The number of alkyl halides is 3. The fraction of sp³-hybridized carbons (Fsp3) is 0.267. The van der Waals surface area contributed by atoms with Gasteiger partial charge in [0.15, 0.2) is 10.3 Å². The van der Waals surface area contributed by atoms with Crippen LogP contribution in [-0.2, 0) is 11.2 Å². The van der Waals surface area contributed by atoms with Gasteiger partial charge in [-0.25, -0.2) is 4.79 Å². The number of rotatable bonds is 8. The molecule has 0 bridgehead atoms. The van der Waals surface area contributed by atoms with Crippen molar-refractivity contribution >= 4 is 63.3 Å². The van der Waals surface area contributed by atoms with Crippen LogP contribution >= 0.6 is 24.0 Å². The Labute approximate surface area is 257 Å². The van der Waals surface area contributed by atoms with Gasteiger partial charge in [-0.1, -0.05) is 49.9 Å². The van der Waals surface area contributed by atoms with Crippen LogP contribution in [0.1, 0.15) is 36.5 Å². The third kappa shape index (κ3) is 9.19. The van der Waals surface area contributed by atoms with Gasteiger partial charge >= 0.3 is 12.4 Å². The van der Waals surface area contributed by atoms with Crippen molar-refractivity contribution in [2.45, 2.75) is 39.5 Å². The van der Waals surface area contributed by atoms with Gasteiger partial charge in [0, 0.05) is 17.9 Å². The highest BCUT2D eigenvalue weighted by atomic mass is 32.2. The molecule has 0 aromatic heterocycles. The first-order valence-corrected chi connectivity index (χ1v) is 14.7. The fourth-order valence-corrected chi connectivity index (χ4v) is 5.32. The lowest BCUT2D eigenvalue weighted by atomic mass is 9.99. The Morgan fingerprint density at radius 2 is 1.70 bits per heavy atom. The topological polar surface area (TPSA) is 95.1 Å². The zero-order valence-corrected chi connectivity index (χ0v) is 25.3. The zero-order chi connectivity index (χ0) is 31.1. The number of thioether (sulfide) groups is 1. The van der Waals surface area contributed by atoms with E-state index in [0.29, 0.717) is 34.6 Å². The number of nitrogens with zero attached hydrogens (tertiary/aromatic N) is 2. The van der Waals surface area contributed by atoms with Crippen LogP contribution < -0.4 is 25.6 Å². The average molecular weight is 630 g/mol. The molecule has 1 aliphatic heterocycles. The number of aryl methyl sites for hydroxylation is 1. The zero-order valence-electron chi connectivity index (χ0n) is 23.6. The molecular weight excluding hydrogens is 599 g/mol. The molecule has 3 aromatic rings. The molecule has 3 aromatic carbocycles. The molecule has 8 nitrogen and oxygen atoms in total. The second kappa shape index (κ2) is 13.9. The molecule has 0 atom stereocenters. The summed E-state index contributed by atoms with van der Waals surface area (Å²) in [6.07, 6.45) is -4.12. The summed E-state index contributed by atoms with van der Waals surface area (Å²) >= 11 is 6.48. The summed E-state index contributed by atoms with van der Waals surface area (Å²) in [5, 5.41) is 9.36. The predicted molar refractivity (Wildman–Crippen MR) is 169 cm³/mol. The minimum Gasteiger partial charge on any atom is -0.406 e. The van der Waals surface area contributed by atoms with Gasteiger partial charge < -0.3 is 20.7 Å². The molecule has 1 saturated heterocycles. The van der Waals surface area contributed by atoms with Crippen molar-refractivity contribution in [3.8, 4) is 5.75 Å². The highest BCUT2D eigenvalue weighted by molar-refractivity contribution is 8.15. The maximum atomic E-state index is 12.8. The van der Waals surface area contributed by atoms with Gasteiger partial charge in [0.2, 0.25) is 5.91 Å². The monoisotopic (exact) mass is 629 g/mol. The number of ether oxygens (including phenoxy) is 1. The normalized spacial score (nSPS) is 14.3. The Bertz CT molecular complexity index is 1510. The molecule has 4 rings (SSSR count). The highest BCUT2D eigenvalue weighted by Crippen LogP contribution is 2.34. The molecule has 0 spiro atoms. The summed E-state index contributed by atoms with van der Waals surface area (Å²) in [5.41, 5.74) is 4.81. The van der Waals surface area contributed by atoms with E-state index in [9.17, 15) is 22.8 Å². The van der Waals surface area contributed by atoms with Gasteiger partial charge in [-0.2, -0.15) is 4.99 Å². The lowest BCUT2D eigenvalue weighted by Gasteiger charge is -2.22. The van der Waals surface area contributed by atoms with Gasteiger partial charge in [0.1, 0.15) is 5.75 Å². The molecule has 0 radical (unpaired) electrons. The minimum absolute atomic E-state index is 0.120. The van der Waals surface area contributed by atoms with Crippen LogP contribution in [0, 0.1) is 6.92 Å². The van der Waals surface area contributed by atoms with Crippen molar-refractivity contribution in [3.63, 3.8) is 0 Å². The Balaban J connectivity index is 1.28. The first kappa shape index (κ1) is 31.8. The number of anilines is 3. The van der Waals surface area contributed by atoms with E-state index in [-0.39, 0.29) is 23.3 Å². The summed E-state index contributed by atoms with van der Waals surface area (Å²) in [5.74, 6) is -0.0408. The van der Waals surface area contributed by atoms with Crippen molar-refractivity contribution in [2.75, 3.05) is 27.8 Å². The maximum Gasteiger partial charge on any atom is 0.573 e. The number of amides is 3. The first-order valence-electron chi connectivity index (χ1n) is 13.3. The molecule has 43 heavy (non-hydrogen) atoms. The number of urea groups is 1. The van der Waals surface area contributed by atoms with Crippen molar-refractivity contribution in [2.24, 2.45) is 4.99 Å². The smallest absolute Gasteiger partial charge is 0.406 e. The van der Waals surface area contributed by atoms with E-state index in [1.54, 1.807) is 12.1 Å². The average Bonchev–Trinajstić information content (AvgIpc) is 3.29. The second-order valence-corrected chi connectivity index (χ2v) is 11.3. The van der Waals surface area contributed by atoms with Gasteiger partial charge in [0.05, 0.1) is 11.4 Å². The molecule has 1 fully saturated rings. The van der Waals surface area contributed by atoms with Crippen molar-refractivity contribution in [1.29, 1.82) is 0 Å². The second-order valence-electron chi connectivity index (χ2n) is 9.96. The molecule has 3 amide bonds. The number of thiocarbonyl (C=S) groups is 1. The lowest BCUT2D eigenvalue weighted by molar-refractivity contribution is -0.274. The predicted octanol–water partition coefficient (Wildman–Crippen LogP) is 7.21. The van der Waals surface area contributed by atoms with Gasteiger partial charge in [-0.3, -0.25) is 9.69 Å². The summed E-state index contributed by atoms with van der Waals surface area (Å²) < 4.78 is 40.7. The molecule has 226 valence electrons. The maximum absolute atomic E-state index is 12.8. The fourth-order valence-electron chi connectivity index (χ4n) is 4.25. The van der Waals surface area contributed by atoms with Crippen molar-refractivity contribution in [1.82, 2.24) is 5.32 Å². The van der Waals surface area contributed by atoms with E-state index in [1.165, 1.54) is 40.9 Å². The number of carbonyl (C=O) groups excluding carboxylic acids is 2. The Morgan fingerprint density at radius 1 is 1.05 bits per heavy atom. The molecule has 0 aliphatic carbocycles. The summed E-state index contributed by atoms with van der Waals surface area (Å²) in [6, 6.07) is 17.9. The Kier molecular flexibility index (Phi) is 10.3. The molecule has 3 N–H and O–H groups in total. The highest BCUT2D eigenvalue weighted by Gasteiger charge is 2.33. The number of nitrogens with one attached hydrogen (secondary N) is 3. The van der Waals surface area contributed by atoms with Crippen LogP contribution in [0.4, 0.5) is 35.0 Å². The Hall–Kier alpha value is -4.10. The molecule has 1 aliphatic rings. The summed E-state index contributed by atoms with van der Waals surface area (Å²) in [6.45, 7) is 6.57. The van der Waals surface area contributed by atoms with Crippen molar-refractivity contribution < 1.29 is 27.5 Å². The number of hydrogen-bond acceptors (Lipinski definition) is 5. The summed E-state index contributed by atoms with van der Waals surface area (Å²) in [7, 11) is 0. The standard InChI is InChI=1S/C30H30F3N5O3S2/c1-18(2)24-13-4-19(3)16-25(24)38-26(39)17-43-29(38)37-27(40)35-21-7-5-20(6-8-21)14-15-34-28(42)36-22-9-11-23(12-10-22)41-30(31,32)33/h4-13,16,18H,14-15,17H2,1-3H3,(H,35,40)(H2,34,36,42). The number of carbonyl (C=O) groups is 2. The van der Waals surface area contributed by atoms with E-state index in [2.05, 4.69) is 39.5 Å². The molecule has 1 heterocycles. The van der Waals surface area contributed by atoms with Crippen LogP contribution in [0.3, 0.4) is 0 Å². The number of halogens is 3. The van der Waals surface area contributed by atoms with Crippen LogP contribution in [-0.4, -0.2) is 40.9 Å². The lowest BCUT2D eigenvalue weighted by Crippen LogP contribution is -2.31. The van der Waals surface area contributed by atoms with E-state index in [1.807, 2.05) is 37.3 Å². The van der Waals surface area contributed by atoms with E-state index >= 15 is 0 Å². The summed E-state index contributed by atoms with van der Waals surface area (Å²) in [4.78, 5) is 31.2. The van der Waals surface area contributed by atoms with Crippen LogP contribution in [0.15, 0.2) is 71.7 Å². The Morgan fingerprint density at radius 3 is 2.35 bits per heavy atom. The van der Waals surface area contributed by atoms with Crippen LogP contribution in [0.2, 0.25) is 0 Å². The minimum atomic E-state index is -4.75. The van der Waals surface area contributed by atoms with Gasteiger partial charge in [-0.05, 0) is 90.6 Å². The molecule has 13 heteroatoms. The van der Waals surface area contributed by atoms with Crippen LogP contribution in [0.25, 0.3) is 0 Å². The molecule has 0 saturated carbocycles. The largest absolute Gasteiger partial charge is 0.573 e. The third-order valence-corrected chi connectivity index (χ3v) is 7.43. The van der Waals surface area contributed by atoms with Gasteiger partial charge in [-0.15, -0.1) is 13.2 Å². The van der Waals surface area contributed by atoms with Gasteiger partial charge in [0.25, 0.3) is 0 Å². The molecule has 0 unspecified atom stereocenters.